The summed E-state index contributed by atoms with van der Waals surface area (Å²) >= 11 is 7.23. The third-order valence-corrected chi connectivity index (χ3v) is 7.08. The summed E-state index contributed by atoms with van der Waals surface area (Å²) in [5.74, 6) is -0.650. The highest BCUT2D eigenvalue weighted by molar-refractivity contribution is 7.18. The molecule has 8 heteroatoms. The van der Waals surface area contributed by atoms with Gasteiger partial charge in [-0.3, -0.25) is 14.9 Å². The number of halogens is 1. The monoisotopic (exact) mass is 532 g/mol. The lowest BCUT2D eigenvalue weighted by atomic mass is 10.0. The van der Waals surface area contributed by atoms with Crippen molar-refractivity contribution in [2.45, 2.75) is 45.1 Å². The number of rotatable bonds is 11. The molecule has 4 aromatic rings. The van der Waals surface area contributed by atoms with Crippen molar-refractivity contribution in [3.63, 3.8) is 0 Å². The first-order valence-corrected chi connectivity index (χ1v) is 13.6. The first-order valence-electron chi connectivity index (χ1n) is 12.4. The van der Waals surface area contributed by atoms with E-state index in [4.69, 9.17) is 11.6 Å². The molecule has 4 rings (SSSR count). The number of benzene rings is 3. The molecular formula is C29H29ClN4O2S. The molecule has 0 aliphatic rings. The lowest BCUT2D eigenvalue weighted by Gasteiger charge is -2.18. The van der Waals surface area contributed by atoms with E-state index in [1.165, 1.54) is 29.7 Å². The Bertz CT molecular complexity index is 1310. The maximum Gasteiger partial charge on any atom is 0.251 e. The van der Waals surface area contributed by atoms with Crippen LogP contribution >= 0.6 is 22.9 Å². The fourth-order valence-corrected chi connectivity index (χ4v) is 4.76. The number of amides is 2. The van der Waals surface area contributed by atoms with Gasteiger partial charge in [0.25, 0.3) is 5.91 Å². The molecule has 0 radical (unpaired) electrons. The Morgan fingerprint density at radius 2 is 1.62 bits per heavy atom. The number of hydrogen-bond acceptors (Lipinski definition) is 5. The largest absolute Gasteiger partial charge is 0.340 e. The van der Waals surface area contributed by atoms with E-state index >= 15 is 0 Å². The maximum atomic E-state index is 13.3. The molecule has 0 spiro atoms. The van der Waals surface area contributed by atoms with E-state index < -0.39 is 6.04 Å². The number of aryl methyl sites for hydroxylation is 1. The van der Waals surface area contributed by atoms with E-state index in [0.717, 1.165) is 24.0 Å². The zero-order valence-corrected chi connectivity index (χ0v) is 22.2. The van der Waals surface area contributed by atoms with Gasteiger partial charge in [-0.15, -0.1) is 10.2 Å². The first-order chi connectivity index (χ1) is 18.0. The Hall–Kier alpha value is -3.55. The summed E-state index contributed by atoms with van der Waals surface area (Å²) in [5, 5.41) is 15.7. The van der Waals surface area contributed by atoms with E-state index in [-0.39, 0.29) is 11.8 Å². The summed E-state index contributed by atoms with van der Waals surface area (Å²) in [6.07, 6.45) is 4.83. The average Bonchev–Trinajstić information content (AvgIpc) is 3.38. The summed E-state index contributed by atoms with van der Waals surface area (Å²) < 4.78 is 0. The second-order valence-electron chi connectivity index (χ2n) is 8.78. The number of carbonyl (C=O) groups excluding carboxylic acids is 2. The van der Waals surface area contributed by atoms with Crippen molar-refractivity contribution in [2.24, 2.45) is 0 Å². The molecular weight excluding hydrogens is 504 g/mol. The maximum absolute atomic E-state index is 13.3. The summed E-state index contributed by atoms with van der Waals surface area (Å²) in [4.78, 5) is 26.3. The van der Waals surface area contributed by atoms with Gasteiger partial charge in [0, 0.05) is 22.6 Å². The topological polar surface area (TPSA) is 84.0 Å². The van der Waals surface area contributed by atoms with E-state index in [0.29, 0.717) is 27.1 Å². The lowest BCUT2D eigenvalue weighted by Crippen LogP contribution is -2.45. The molecule has 1 heterocycles. The SMILES string of the molecule is CCCCCc1ccc(C(=O)N[C@@H](Cc2ccccc2)C(=O)Nc2nnc(-c3ccc(Cl)cc3)s2)cc1. The quantitative estimate of drug-likeness (QED) is 0.214. The van der Waals surface area contributed by atoms with Crippen LogP contribution in [0, 0.1) is 0 Å². The van der Waals surface area contributed by atoms with Crippen molar-refractivity contribution in [2.75, 3.05) is 5.32 Å². The van der Waals surface area contributed by atoms with Crippen LogP contribution in [0.4, 0.5) is 5.13 Å². The third kappa shape index (κ3) is 7.71. The summed E-state index contributed by atoms with van der Waals surface area (Å²) in [6, 6.07) is 23.7. The highest BCUT2D eigenvalue weighted by Gasteiger charge is 2.23. The number of nitrogens with zero attached hydrogens (tertiary/aromatic N) is 2. The normalized spacial score (nSPS) is 11.6. The van der Waals surface area contributed by atoms with Crippen LogP contribution in [0.2, 0.25) is 5.02 Å². The zero-order valence-electron chi connectivity index (χ0n) is 20.6. The molecule has 2 amide bonds. The van der Waals surface area contributed by atoms with Crippen LogP contribution < -0.4 is 10.6 Å². The average molecular weight is 533 g/mol. The number of nitrogens with one attached hydrogen (secondary N) is 2. The fourth-order valence-electron chi connectivity index (χ4n) is 3.88. The molecule has 3 aromatic carbocycles. The highest BCUT2D eigenvalue weighted by Crippen LogP contribution is 2.27. The van der Waals surface area contributed by atoms with Crippen LogP contribution in [0.1, 0.15) is 47.7 Å². The minimum absolute atomic E-state index is 0.296. The predicted molar refractivity (Wildman–Crippen MR) is 150 cm³/mol. The van der Waals surface area contributed by atoms with Crippen molar-refractivity contribution in [1.82, 2.24) is 15.5 Å². The fraction of sp³-hybridized carbons (Fsp3) is 0.241. The number of aromatic nitrogens is 2. The Kier molecular flexibility index (Phi) is 9.40. The van der Waals surface area contributed by atoms with Gasteiger partial charge in [-0.2, -0.15) is 0 Å². The smallest absolute Gasteiger partial charge is 0.251 e. The van der Waals surface area contributed by atoms with Gasteiger partial charge in [0.2, 0.25) is 11.0 Å². The van der Waals surface area contributed by atoms with Crippen molar-refractivity contribution in [3.8, 4) is 10.6 Å². The highest BCUT2D eigenvalue weighted by atomic mass is 35.5. The van der Waals surface area contributed by atoms with Crippen molar-refractivity contribution < 1.29 is 9.59 Å². The molecule has 0 aliphatic heterocycles. The van der Waals surface area contributed by atoms with Gasteiger partial charge in [0.15, 0.2) is 0 Å². The predicted octanol–water partition coefficient (Wildman–Crippen LogP) is 6.57. The minimum atomic E-state index is -0.790. The molecule has 0 bridgehead atoms. The van der Waals surface area contributed by atoms with E-state index in [2.05, 4.69) is 27.8 Å². The molecule has 0 unspecified atom stereocenters. The summed E-state index contributed by atoms with van der Waals surface area (Å²) in [5.41, 5.74) is 3.52. The molecule has 0 fully saturated rings. The minimum Gasteiger partial charge on any atom is -0.340 e. The molecule has 1 atom stereocenters. The zero-order chi connectivity index (χ0) is 26.0. The van der Waals surface area contributed by atoms with Crippen molar-refractivity contribution in [1.29, 1.82) is 0 Å². The molecule has 6 nitrogen and oxygen atoms in total. The molecule has 1 aromatic heterocycles. The number of anilines is 1. The van der Waals surface area contributed by atoms with Gasteiger partial charge in [-0.05, 0) is 48.2 Å². The molecule has 37 heavy (non-hydrogen) atoms. The molecule has 0 saturated heterocycles. The Morgan fingerprint density at radius 1 is 0.892 bits per heavy atom. The molecule has 190 valence electrons. The number of hydrogen-bond donors (Lipinski definition) is 2. The lowest BCUT2D eigenvalue weighted by molar-refractivity contribution is -0.118. The summed E-state index contributed by atoms with van der Waals surface area (Å²) in [6.45, 7) is 2.18. The second kappa shape index (κ2) is 13.1. The number of unbranched alkanes of at least 4 members (excludes halogenated alkanes) is 2. The Balaban J connectivity index is 1.45. The number of carbonyl (C=O) groups is 2. The van der Waals surface area contributed by atoms with Crippen molar-refractivity contribution in [3.05, 3.63) is 101 Å². The van der Waals surface area contributed by atoms with E-state index in [1.54, 1.807) is 12.1 Å². The van der Waals surface area contributed by atoms with Gasteiger partial charge in [-0.1, -0.05) is 97.3 Å². The Labute approximate surface area is 226 Å². The second-order valence-corrected chi connectivity index (χ2v) is 10.2. The van der Waals surface area contributed by atoms with Crippen LogP contribution in [0.25, 0.3) is 10.6 Å². The standard InChI is InChI=1S/C29H29ClN4O2S/c1-2-3-5-8-20-11-13-22(14-12-20)26(35)31-25(19-21-9-6-4-7-10-21)27(36)32-29-34-33-28(37-29)23-15-17-24(30)18-16-23/h4,6-7,9-18,25H,2-3,5,8,19H2,1H3,(H,31,35)(H,32,34,36)/t25-/m0/s1. The van der Waals surface area contributed by atoms with Gasteiger partial charge >= 0.3 is 0 Å². The van der Waals surface area contributed by atoms with E-state index in [9.17, 15) is 9.59 Å². The molecule has 0 aliphatic carbocycles. The van der Waals surface area contributed by atoms with Crippen LogP contribution in [-0.4, -0.2) is 28.1 Å². The van der Waals surface area contributed by atoms with Gasteiger partial charge in [0.1, 0.15) is 11.0 Å². The van der Waals surface area contributed by atoms with Crippen LogP contribution in [0.3, 0.4) is 0 Å². The van der Waals surface area contributed by atoms with Gasteiger partial charge in [0.05, 0.1) is 0 Å². The van der Waals surface area contributed by atoms with Crippen LogP contribution in [0.15, 0.2) is 78.9 Å². The molecule has 0 saturated carbocycles. The summed E-state index contributed by atoms with van der Waals surface area (Å²) in [7, 11) is 0. The van der Waals surface area contributed by atoms with Crippen LogP contribution in [0.5, 0.6) is 0 Å². The van der Waals surface area contributed by atoms with Gasteiger partial charge in [-0.25, -0.2) is 0 Å². The van der Waals surface area contributed by atoms with Crippen molar-refractivity contribution >= 4 is 39.9 Å². The van der Waals surface area contributed by atoms with Gasteiger partial charge < -0.3 is 5.32 Å². The molecule has 2 N–H and O–H groups in total. The first kappa shape index (κ1) is 26.5. The van der Waals surface area contributed by atoms with E-state index in [1.807, 2.05) is 66.7 Å². The third-order valence-electron chi connectivity index (χ3n) is 5.94. The van der Waals surface area contributed by atoms with Crippen LogP contribution in [-0.2, 0) is 17.6 Å². The Morgan fingerprint density at radius 3 is 2.32 bits per heavy atom.